The lowest BCUT2D eigenvalue weighted by molar-refractivity contribution is 0.102. The topological polar surface area (TPSA) is 45.2 Å². The Morgan fingerprint density at radius 1 is 1.19 bits per heavy atom. The van der Waals surface area contributed by atoms with Crippen molar-refractivity contribution in [1.82, 2.24) is 4.98 Å². The van der Waals surface area contributed by atoms with Crippen LogP contribution in [0.15, 0.2) is 42.6 Å². The fourth-order valence-corrected chi connectivity index (χ4v) is 2.43. The Balaban J connectivity index is 1.68. The van der Waals surface area contributed by atoms with E-state index in [1.54, 1.807) is 12.3 Å². The van der Waals surface area contributed by atoms with Gasteiger partial charge in [0.05, 0.1) is 11.9 Å². The number of nitrogens with one attached hydrogen (secondary N) is 1. The van der Waals surface area contributed by atoms with E-state index in [4.69, 9.17) is 0 Å². The van der Waals surface area contributed by atoms with Crippen molar-refractivity contribution in [3.05, 3.63) is 54.0 Å². The first-order valence-electron chi connectivity index (χ1n) is 7.00. The number of hydrogen-bond acceptors (Lipinski definition) is 3. The number of pyridine rings is 1. The normalized spacial score (nSPS) is 14.2. The second-order valence-corrected chi connectivity index (χ2v) is 5.06. The van der Waals surface area contributed by atoms with Crippen LogP contribution in [-0.4, -0.2) is 24.0 Å². The first-order valence-corrected chi connectivity index (χ1v) is 7.00. The van der Waals surface area contributed by atoms with Crippen LogP contribution < -0.4 is 10.2 Å². The van der Waals surface area contributed by atoms with Crippen molar-refractivity contribution in [2.45, 2.75) is 12.8 Å². The van der Waals surface area contributed by atoms with Gasteiger partial charge in [-0.3, -0.25) is 4.79 Å². The number of nitrogens with zero attached hydrogens (tertiary/aromatic N) is 2. The number of carbonyl (C=O) groups is 1. The molecular weight excluding hydrogens is 269 g/mol. The molecule has 1 N–H and O–H groups in total. The predicted octanol–water partition coefficient (Wildman–Crippen LogP) is 3.07. The van der Waals surface area contributed by atoms with Gasteiger partial charge in [-0.05, 0) is 43.2 Å². The SMILES string of the molecule is O=C(Nc1ccc(N2CCCC2)nc1)c1cccc(F)c1. The summed E-state index contributed by atoms with van der Waals surface area (Å²) in [7, 11) is 0. The summed E-state index contributed by atoms with van der Waals surface area (Å²) in [5.74, 6) is 0.159. The molecule has 1 amide bonds. The van der Waals surface area contributed by atoms with Crippen molar-refractivity contribution in [3.8, 4) is 0 Å². The van der Waals surface area contributed by atoms with Crippen molar-refractivity contribution in [2.75, 3.05) is 23.3 Å². The first kappa shape index (κ1) is 13.5. The number of amides is 1. The van der Waals surface area contributed by atoms with E-state index in [1.165, 1.54) is 31.0 Å². The van der Waals surface area contributed by atoms with Gasteiger partial charge >= 0.3 is 0 Å². The maximum Gasteiger partial charge on any atom is 0.255 e. The van der Waals surface area contributed by atoms with E-state index in [-0.39, 0.29) is 5.91 Å². The van der Waals surface area contributed by atoms with Gasteiger partial charge in [0.15, 0.2) is 0 Å². The highest BCUT2D eigenvalue weighted by atomic mass is 19.1. The predicted molar refractivity (Wildman–Crippen MR) is 80.0 cm³/mol. The molecule has 0 atom stereocenters. The quantitative estimate of drug-likeness (QED) is 0.942. The summed E-state index contributed by atoms with van der Waals surface area (Å²) >= 11 is 0. The van der Waals surface area contributed by atoms with E-state index < -0.39 is 5.82 Å². The second-order valence-electron chi connectivity index (χ2n) is 5.06. The minimum Gasteiger partial charge on any atom is -0.357 e. The molecule has 0 spiro atoms. The van der Waals surface area contributed by atoms with E-state index in [2.05, 4.69) is 15.2 Å². The zero-order chi connectivity index (χ0) is 14.7. The summed E-state index contributed by atoms with van der Waals surface area (Å²) in [6.07, 6.45) is 4.02. The van der Waals surface area contributed by atoms with Gasteiger partial charge in [-0.25, -0.2) is 9.37 Å². The Morgan fingerprint density at radius 3 is 2.67 bits per heavy atom. The molecule has 0 radical (unpaired) electrons. The minimum atomic E-state index is -0.426. The first-order chi connectivity index (χ1) is 10.2. The van der Waals surface area contributed by atoms with Crippen LogP contribution in [0.2, 0.25) is 0 Å². The Labute approximate surface area is 122 Å². The molecule has 0 unspecified atom stereocenters. The summed E-state index contributed by atoms with van der Waals surface area (Å²) < 4.78 is 13.1. The van der Waals surface area contributed by atoms with Gasteiger partial charge < -0.3 is 10.2 Å². The fraction of sp³-hybridized carbons (Fsp3) is 0.250. The summed E-state index contributed by atoms with van der Waals surface area (Å²) in [4.78, 5) is 18.6. The fourth-order valence-electron chi connectivity index (χ4n) is 2.43. The number of carbonyl (C=O) groups excluding carboxylic acids is 1. The van der Waals surface area contributed by atoms with Crippen LogP contribution in [0.25, 0.3) is 0 Å². The summed E-state index contributed by atoms with van der Waals surface area (Å²) in [5, 5.41) is 2.72. The standard InChI is InChI=1S/C16H16FN3O/c17-13-5-3-4-12(10-13)16(21)19-14-6-7-15(18-11-14)20-8-1-2-9-20/h3-7,10-11H,1-2,8-9H2,(H,19,21). The summed E-state index contributed by atoms with van der Waals surface area (Å²) in [5.41, 5.74) is 0.894. The van der Waals surface area contributed by atoms with E-state index in [9.17, 15) is 9.18 Å². The molecule has 1 aromatic heterocycles. The maximum atomic E-state index is 13.1. The van der Waals surface area contributed by atoms with Crippen molar-refractivity contribution in [3.63, 3.8) is 0 Å². The molecule has 1 aromatic carbocycles. The van der Waals surface area contributed by atoms with Gasteiger partial charge in [-0.15, -0.1) is 0 Å². The molecular formula is C16H16FN3O. The van der Waals surface area contributed by atoms with Gasteiger partial charge in [0.1, 0.15) is 11.6 Å². The molecule has 1 saturated heterocycles. The van der Waals surface area contributed by atoms with E-state index in [1.807, 2.05) is 12.1 Å². The molecule has 1 aliphatic rings. The largest absolute Gasteiger partial charge is 0.357 e. The Bertz CT molecular complexity index is 636. The molecule has 0 aliphatic carbocycles. The smallest absolute Gasteiger partial charge is 0.255 e. The lowest BCUT2D eigenvalue weighted by atomic mass is 10.2. The van der Waals surface area contributed by atoms with Gasteiger partial charge in [0.25, 0.3) is 5.91 Å². The Kier molecular flexibility index (Phi) is 3.81. The minimum absolute atomic E-state index is 0.290. The van der Waals surface area contributed by atoms with Gasteiger partial charge in [-0.2, -0.15) is 0 Å². The third-order valence-electron chi connectivity index (χ3n) is 3.52. The van der Waals surface area contributed by atoms with Gasteiger partial charge in [-0.1, -0.05) is 6.07 Å². The van der Waals surface area contributed by atoms with E-state index in [0.717, 1.165) is 18.9 Å². The van der Waals surface area contributed by atoms with Gasteiger partial charge in [0, 0.05) is 18.7 Å². The zero-order valence-corrected chi connectivity index (χ0v) is 11.6. The number of hydrogen-bond donors (Lipinski definition) is 1. The molecule has 5 heteroatoms. The van der Waals surface area contributed by atoms with E-state index in [0.29, 0.717) is 11.3 Å². The Hall–Kier alpha value is -2.43. The van der Waals surface area contributed by atoms with Crippen LogP contribution in [0.3, 0.4) is 0 Å². The molecule has 1 fully saturated rings. The highest BCUT2D eigenvalue weighted by molar-refractivity contribution is 6.04. The second kappa shape index (κ2) is 5.91. The summed E-state index contributed by atoms with van der Waals surface area (Å²) in [6, 6.07) is 9.32. The highest BCUT2D eigenvalue weighted by Gasteiger charge is 2.13. The molecule has 1 aliphatic heterocycles. The van der Waals surface area contributed by atoms with Crippen LogP contribution >= 0.6 is 0 Å². The molecule has 108 valence electrons. The lowest BCUT2D eigenvalue weighted by Crippen LogP contribution is -2.19. The highest BCUT2D eigenvalue weighted by Crippen LogP contribution is 2.19. The molecule has 2 heterocycles. The Morgan fingerprint density at radius 2 is 2.00 bits per heavy atom. The van der Waals surface area contributed by atoms with Crippen LogP contribution in [0.1, 0.15) is 23.2 Å². The van der Waals surface area contributed by atoms with E-state index >= 15 is 0 Å². The number of rotatable bonds is 3. The zero-order valence-electron chi connectivity index (χ0n) is 11.6. The average molecular weight is 285 g/mol. The number of aromatic nitrogens is 1. The number of anilines is 2. The number of halogens is 1. The van der Waals surface area contributed by atoms with Crippen LogP contribution in [-0.2, 0) is 0 Å². The van der Waals surface area contributed by atoms with Crippen LogP contribution in [0.4, 0.5) is 15.9 Å². The number of benzene rings is 1. The van der Waals surface area contributed by atoms with Crippen molar-refractivity contribution < 1.29 is 9.18 Å². The van der Waals surface area contributed by atoms with Crippen molar-refractivity contribution >= 4 is 17.4 Å². The van der Waals surface area contributed by atoms with Crippen molar-refractivity contribution in [1.29, 1.82) is 0 Å². The third kappa shape index (κ3) is 3.18. The molecule has 3 rings (SSSR count). The molecule has 0 bridgehead atoms. The molecule has 0 saturated carbocycles. The van der Waals surface area contributed by atoms with Gasteiger partial charge in [0.2, 0.25) is 0 Å². The molecule has 4 nitrogen and oxygen atoms in total. The average Bonchev–Trinajstić information content (AvgIpc) is 3.02. The van der Waals surface area contributed by atoms with Crippen molar-refractivity contribution in [2.24, 2.45) is 0 Å². The molecule has 2 aromatic rings. The summed E-state index contributed by atoms with van der Waals surface area (Å²) in [6.45, 7) is 2.06. The van der Waals surface area contributed by atoms with Crippen LogP contribution in [0, 0.1) is 5.82 Å². The third-order valence-corrected chi connectivity index (χ3v) is 3.52. The molecule has 21 heavy (non-hydrogen) atoms. The maximum absolute atomic E-state index is 13.1. The monoisotopic (exact) mass is 285 g/mol. The van der Waals surface area contributed by atoms with Crippen LogP contribution in [0.5, 0.6) is 0 Å². The lowest BCUT2D eigenvalue weighted by Gasteiger charge is -2.16.